The molecule has 0 unspecified atom stereocenters. The number of aldehydes is 1. The molecule has 4 atom stereocenters. The summed E-state index contributed by atoms with van der Waals surface area (Å²) in [6.07, 6.45) is -6.84. The van der Waals surface area contributed by atoms with Gasteiger partial charge in [0.2, 0.25) is 0 Å². The summed E-state index contributed by atoms with van der Waals surface area (Å²) in [6, 6.07) is 0. The minimum absolute atomic E-state index is 0. The van der Waals surface area contributed by atoms with Gasteiger partial charge in [0.15, 0.2) is 6.29 Å². The molecule has 0 aliphatic heterocycles. The normalized spacial score (nSPS) is 15.8. The molecule has 0 aliphatic carbocycles. The summed E-state index contributed by atoms with van der Waals surface area (Å²) in [6.45, 7) is -0.760. The van der Waals surface area contributed by atoms with E-state index < -0.39 is 31.0 Å². The van der Waals surface area contributed by atoms with Gasteiger partial charge in [-0.15, -0.1) is 0 Å². The molecule has 0 aromatic heterocycles. The van der Waals surface area contributed by atoms with Crippen LogP contribution < -0.4 is 80.9 Å². The molecular formula is C6H18CaKMgNaO6. The Labute approximate surface area is 213 Å². The molecule has 6 nitrogen and oxygen atoms in total. The van der Waals surface area contributed by atoms with Crippen LogP contribution in [0.2, 0.25) is 0 Å². The Balaban J connectivity index is -0.0000000134. The van der Waals surface area contributed by atoms with Crippen molar-refractivity contribution in [2.75, 3.05) is 6.61 Å². The number of aliphatic hydroxyl groups is 5. The number of carbonyl (C=O) groups is 1. The monoisotopic (exact) mass is 312 g/mol. The third-order valence-electron chi connectivity index (χ3n) is 1.42. The van der Waals surface area contributed by atoms with E-state index in [1.165, 1.54) is 0 Å². The van der Waals surface area contributed by atoms with Crippen molar-refractivity contribution >= 4 is 67.1 Å². The average Bonchev–Trinajstić information content (AvgIpc) is 2.12. The van der Waals surface area contributed by atoms with Crippen LogP contribution in [0.15, 0.2) is 0 Å². The van der Waals surface area contributed by atoms with Gasteiger partial charge in [-0.2, -0.15) is 0 Å². The molecule has 0 rings (SSSR count). The first-order valence-corrected chi connectivity index (χ1v) is 3.33. The van der Waals surface area contributed by atoms with Crippen LogP contribution in [-0.2, 0) is 4.79 Å². The molecule has 0 fully saturated rings. The zero-order chi connectivity index (χ0) is 9.72. The van der Waals surface area contributed by atoms with E-state index in [2.05, 4.69) is 0 Å². The average molecular weight is 313 g/mol. The van der Waals surface area contributed by atoms with Crippen LogP contribution in [0.5, 0.6) is 0 Å². The predicted molar refractivity (Wildman–Crippen MR) is 55.4 cm³/mol. The van der Waals surface area contributed by atoms with E-state index in [9.17, 15) is 4.79 Å². The van der Waals surface area contributed by atoms with E-state index in [-0.39, 0.29) is 157 Å². The molecule has 0 heterocycles. The third kappa shape index (κ3) is 13.1. The Morgan fingerprint density at radius 2 is 1.50 bits per heavy atom. The Bertz CT molecular complexity index is 178. The number of hydrogen-bond acceptors (Lipinski definition) is 6. The quantitative estimate of drug-likeness (QED) is 0.254. The van der Waals surface area contributed by atoms with Crippen LogP contribution in [0.1, 0.15) is 8.56 Å². The van der Waals surface area contributed by atoms with Crippen molar-refractivity contribution in [2.24, 2.45) is 0 Å². The molecule has 16 heavy (non-hydrogen) atoms. The molecular weight excluding hydrogens is 295 g/mol. The summed E-state index contributed by atoms with van der Waals surface area (Å²) in [5, 5.41) is 43.5. The van der Waals surface area contributed by atoms with Crippen molar-refractivity contribution in [2.45, 2.75) is 24.4 Å². The van der Waals surface area contributed by atoms with Gasteiger partial charge in [-0.25, -0.2) is 0 Å². The van der Waals surface area contributed by atoms with Gasteiger partial charge in [-0.1, -0.05) is 0 Å². The van der Waals surface area contributed by atoms with E-state index in [4.69, 9.17) is 25.5 Å². The number of rotatable bonds is 5. The van der Waals surface area contributed by atoms with Crippen LogP contribution >= 0.6 is 0 Å². The van der Waals surface area contributed by atoms with Crippen molar-refractivity contribution in [3.05, 3.63) is 0 Å². The van der Waals surface area contributed by atoms with Crippen LogP contribution in [0.25, 0.3) is 0 Å². The van der Waals surface area contributed by atoms with Gasteiger partial charge in [0.05, 0.1) is 6.61 Å². The van der Waals surface area contributed by atoms with Crippen molar-refractivity contribution in [3.63, 3.8) is 0 Å². The van der Waals surface area contributed by atoms with E-state index in [0.717, 1.165) is 0 Å². The fraction of sp³-hybridized carbons (Fsp3) is 0.833. The Kier molecular flexibility index (Phi) is 38.5. The molecule has 0 aromatic carbocycles. The van der Waals surface area contributed by atoms with E-state index in [1.807, 2.05) is 0 Å². The molecule has 0 aromatic rings. The summed E-state index contributed by atoms with van der Waals surface area (Å²) in [5.74, 6) is 0. The summed E-state index contributed by atoms with van der Waals surface area (Å²) in [7, 11) is 0. The van der Waals surface area contributed by atoms with Gasteiger partial charge in [-0.3, -0.25) is 0 Å². The van der Waals surface area contributed by atoms with Crippen molar-refractivity contribution < 1.29 is 120 Å². The van der Waals surface area contributed by atoms with Gasteiger partial charge in [0.25, 0.3) is 0 Å². The Hall–Kier alpha value is 4.13. The molecule has 0 amide bonds. The molecule has 5 N–H and O–H groups in total. The fourth-order valence-corrected chi connectivity index (χ4v) is 0.618. The maximum atomic E-state index is 9.90. The zero-order valence-electron chi connectivity index (χ0n) is 15.7. The van der Waals surface area contributed by atoms with Crippen LogP contribution in [0, 0.1) is 0 Å². The van der Waals surface area contributed by atoms with Crippen LogP contribution in [0.3, 0.4) is 0 Å². The first kappa shape index (κ1) is 32.2. The van der Waals surface area contributed by atoms with Gasteiger partial charge in [-0.05, 0) is 0 Å². The van der Waals surface area contributed by atoms with Crippen LogP contribution in [-0.4, -0.2) is 124 Å². The molecule has 84 valence electrons. The fourth-order valence-electron chi connectivity index (χ4n) is 0.618. The maximum absolute atomic E-state index is 9.90. The second-order valence-electron chi connectivity index (χ2n) is 2.36. The smallest absolute Gasteiger partial charge is 1.00 e. The van der Waals surface area contributed by atoms with Gasteiger partial charge in [0, 0.05) is 0 Å². The standard InChI is InChI=1S/C6H12O6.Ca.K.Mg.Na.6H/c7-1-3(9)5(11)6(12)4(10)2-8;;;;;;;;;;/h1,3-6,8-12H,2H2;;;;;;;;;;/q;+2;+1;+2;+1;6*-1/t3-,4+,5+,6+;;;;;;;;;;/m0........../s1. The van der Waals surface area contributed by atoms with E-state index in [1.54, 1.807) is 0 Å². The molecule has 0 saturated carbocycles. The van der Waals surface area contributed by atoms with Gasteiger partial charge >= 0.3 is 142 Å². The van der Waals surface area contributed by atoms with Crippen LogP contribution in [0.4, 0.5) is 0 Å². The molecule has 0 spiro atoms. The molecule has 10 heteroatoms. The SMILES string of the molecule is O=C[C@H](O)[C@@H](O)[C@H](O)[C@H](O)CO.[Ca+2].[H-].[H-].[H-].[H-].[H-].[H-].[K+].[Mg+2].[Na+]. The maximum Gasteiger partial charge on any atom is 2.00 e. The van der Waals surface area contributed by atoms with E-state index in [0.29, 0.717) is 0 Å². The molecule has 0 aliphatic rings. The topological polar surface area (TPSA) is 118 Å². The predicted octanol–water partition coefficient (Wildman–Crippen LogP) is -9.46. The van der Waals surface area contributed by atoms with Crippen molar-refractivity contribution in [1.82, 2.24) is 0 Å². The zero-order valence-corrected chi connectivity index (χ0v) is 18.4. The Morgan fingerprint density at radius 1 is 1.12 bits per heavy atom. The summed E-state index contributed by atoms with van der Waals surface area (Å²) in [4.78, 5) is 9.90. The van der Waals surface area contributed by atoms with Crippen molar-refractivity contribution in [1.29, 1.82) is 0 Å². The first-order chi connectivity index (χ1) is 5.54. The third-order valence-corrected chi connectivity index (χ3v) is 1.42. The molecule has 0 saturated heterocycles. The van der Waals surface area contributed by atoms with Gasteiger partial charge < -0.3 is 38.9 Å². The number of hydrogen-bond donors (Lipinski definition) is 5. The summed E-state index contributed by atoms with van der Waals surface area (Å²) >= 11 is 0. The second-order valence-corrected chi connectivity index (χ2v) is 2.36. The second kappa shape index (κ2) is 19.1. The first-order valence-electron chi connectivity index (χ1n) is 3.33. The van der Waals surface area contributed by atoms with E-state index >= 15 is 0 Å². The molecule has 0 radical (unpaired) electrons. The minimum Gasteiger partial charge on any atom is -1.00 e. The number of aliphatic hydroxyl groups excluding tert-OH is 5. The largest absolute Gasteiger partial charge is 2.00 e. The Morgan fingerprint density at radius 3 is 1.75 bits per heavy atom. The van der Waals surface area contributed by atoms with Crippen molar-refractivity contribution in [3.8, 4) is 0 Å². The summed E-state index contributed by atoms with van der Waals surface area (Å²) < 4.78 is 0. The molecule has 0 bridgehead atoms. The minimum atomic E-state index is -1.79. The van der Waals surface area contributed by atoms with Gasteiger partial charge in [0.1, 0.15) is 24.4 Å². The summed E-state index contributed by atoms with van der Waals surface area (Å²) in [5.41, 5.74) is 0. The number of carbonyl (C=O) groups excluding carboxylic acids is 1.